The second kappa shape index (κ2) is 11.9. The molecule has 0 bridgehead atoms. The smallest absolute Gasteiger partial charge is 0.410 e. The van der Waals surface area contributed by atoms with Gasteiger partial charge in [0.1, 0.15) is 5.60 Å². The predicted octanol–water partition coefficient (Wildman–Crippen LogP) is 5.64. The van der Waals surface area contributed by atoms with Gasteiger partial charge in [-0.05, 0) is 63.1 Å². The summed E-state index contributed by atoms with van der Waals surface area (Å²) >= 11 is 0. The number of benzene rings is 2. The van der Waals surface area contributed by atoms with E-state index in [1.54, 1.807) is 0 Å². The zero-order valence-corrected chi connectivity index (χ0v) is 24.8. The van der Waals surface area contributed by atoms with Crippen molar-refractivity contribution in [2.75, 3.05) is 38.2 Å². The fourth-order valence-electron chi connectivity index (χ4n) is 6.24. The highest BCUT2D eigenvalue weighted by atomic mass is 16.6. The van der Waals surface area contributed by atoms with Crippen molar-refractivity contribution in [1.29, 1.82) is 0 Å². The Hall–Kier alpha value is -3.69. The van der Waals surface area contributed by atoms with Gasteiger partial charge in [-0.25, -0.2) is 9.59 Å². The molecule has 222 valence electrons. The number of carbonyl (C=O) groups is 2. The molecule has 1 aliphatic carbocycles. The summed E-state index contributed by atoms with van der Waals surface area (Å²) in [6.07, 6.45) is 4.45. The normalized spacial score (nSPS) is 22.6. The average molecular weight is 572 g/mol. The van der Waals surface area contributed by atoms with Crippen molar-refractivity contribution in [2.45, 2.75) is 64.3 Å². The number of hydrogen-bond acceptors (Lipinski definition) is 6. The topological polar surface area (TPSA) is 96.0 Å². The minimum absolute atomic E-state index is 0.0469. The number of rotatable bonds is 6. The molecule has 0 radical (unpaired) electrons. The van der Waals surface area contributed by atoms with E-state index in [9.17, 15) is 9.59 Å². The number of amides is 3. The van der Waals surface area contributed by atoms with Crippen molar-refractivity contribution in [3.05, 3.63) is 60.4 Å². The monoisotopic (exact) mass is 571 g/mol. The number of nitrogens with zero attached hydrogens (tertiary/aromatic N) is 3. The third-order valence-corrected chi connectivity index (χ3v) is 8.38. The summed E-state index contributed by atoms with van der Waals surface area (Å²) in [5, 5.41) is 8.25. The molecule has 0 spiro atoms. The van der Waals surface area contributed by atoms with Crippen LogP contribution >= 0.6 is 0 Å². The Bertz CT molecular complexity index is 1430. The van der Waals surface area contributed by atoms with Gasteiger partial charge in [0.15, 0.2) is 0 Å². The van der Waals surface area contributed by atoms with Crippen molar-refractivity contribution in [3.63, 3.8) is 0 Å². The van der Waals surface area contributed by atoms with Gasteiger partial charge in [-0.15, -0.1) is 0 Å². The lowest BCUT2D eigenvalue weighted by molar-refractivity contribution is 0.0208. The number of pyridine rings is 1. The third kappa shape index (κ3) is 6.52. The number of morpholine rings is 1. The summed E-state index contributed by atoms with van der Waals surface area (Å²) in [6, 6.07) is 16.3. The Morgan fingerprint density at radius 1 is 1.02 bits per heavy atom. The molecular weight excluding hydrogens is 530 g/mol. The molecule has 2 saturated heterocycles. The molecule has 3 aromatic rings. The molecule has 2 aromatic carbocycles. The number of fused-ring (bicyclic) bond motifs is 1. The SMILES string of the molecule is CC(C)(C)OC(=O)N1CCCC1C1CC1NC(=O)Nc1ccc(-c2ccc(CN3CCOCC3)nc2)c2ccccc12. The van der Waals surface area contributed by atoms with Crippen molar-refractivity contribution >= 4 is 28.6 Å². The number of aromatic nitrogens is 1. The molecule has 9 nitrogen and oxygen atoms in total. The lowest BCUT2D eigenvalue weighted by Gasteiger charge is -2.29. The molecular formula is C33H41N5O4. The summed E-state index contributed by atoms with van der Waals surface area (Å²) in [6.45, 7) is 10.6. The minimum Gasteiger partial charge on any atom is -0.444 e. The molecule has 3 fully saturated rings. The zero-order valence-electron chi connectivity index (χ0n) is 24.8. The second-order valence-electron chi connectivity index (χ2n) is 12.6. The first kappa shape index (κ1) is 28.4. The fourth-order valence-corrected chi connectivity index (χ4v) is 6.24. The highest BCUT2D eigenvalue weighted by Crippen LogP contribution is 2.41. The number of urea groups is 1. The second-order valence-corrected chi connectivity index (χ2v) is 12.6. The van der Waals surface area contributed by atoms with Crippen LogP contribution in [-0.4, -0.2) is 77.4 Å². The number of likely N-dealkylation sites (tertiary alicyclic amines) is 1. The Morgan fingerprint density at radius 2 is 1.81 bits per heavy atom. The Kier molecular flexibility index (Phi) is 8.05. The Balaban J connectivity index is 1.10. The summed E-state index contributed by atoms with van der Waals surface area (Å²) in [5.41, 5.74) is 3.40. The number of anilines is 1. The molecule has 9 heteroatoms. The van der Waals surface area contributed by atoms with Crippen LogP contribution in [0, 0.1) is 5.92 Å². The number of nitrogens with one attached hydrogen (secondary N) is 2. The van der Waals surface area contributed by atoms with Gasteiger partial charge in [-0.3, -0.25) is 9.88 Å². The number of hydrogen-bond donors (Lipinski definition) is 2. The molecule has 1 aromatic heterocycles. The van der Waals surface area contributed by atoms with Gasteiger partial charge in [0.05, 0.1) is 24.6 Å². The molecule has 3 amide bonds. The Morgan fingerprint density at radius 3 is 2.55 bits per heavy atom. The van der Waals surface area contributed by atoms with Crippen LogP contribution in [0.25, 0.3) is 21.9 Å². The van der Waals surface area contributed by atoms with Crippen LogP contribution in [0.15, 0.2) is 54.7 Å². The summed E-state index contributed by atoms with van der Waals surface area (Å²) in [7, 11) is 0. The van der Waals surface area contributed by atoms with E-state index in [-0.39, 0.29) is 30.1 Å². The first-order valence-electron chi connectivity index (χ1n) is 15.1. The van der Waals surface area contributed by atoms with Crippen LogP contribution < -0.4 is 10.6 Å². The van der Waals surface area contributed by atoms with E-state index in [0.717, 1.165) is 85.4 Å². The number of ether oxygens (including phenoxy) is 2. The maximum Gasteiger partial charge on any atom is 0.410 e. The Labute approximate surface area is 247 Å². The summed E-state index contributed by atoms with van der Waals surface area (Å²) in [5.74, 6) is 0.253. The first-order chi connectivity index (χ1) is 20.2. The molecule has 3 heterocycles. The third-order valence-electron chi connectivity index (χ3n) is 8.38. The van der Waals surface area contributed by atoms with E-state index in [1.807, 2.05) is 62.2 Å². The highest BCUT2D eigenvalue weighted by molar-refractivity contribution is 6.07. The van der Waals surface area contributed by atoms with Crippen LogP contribution in [0.5, 0.6) is 0 Å². The quantitative estimate of drug-likeness (QED) is 0.397. The van der Waals surface area contributed by atoms with Gasteiger partial charge in [0, 0.05) is 61.3 Å². The summed E-state index contributed by atoms with van der Waals surface area (Å²) in [4.78, 5) is 34.8. The van der Waals surface area contributed by atoms with Gasteiger partial charge in [0.2, 0.25) is 0 Å². The molecule has 3 atom stereocenters. The van der Waals surface area contributed by atoms with Crippen molar-refractivity contribution in [3.8, 4) is 11.1 Å². The maximum absolute atomic E-state index is 13.1. The van der Waals surface area contributed by atoms with E-state index < -0.39 is 5.60 Å². The van der Waals surface area contributed by atoms with Crippen molar-refractivity contribution in [1.82, 2.24) is 20.1 Å². The standard InChI is InChI=1S/C33H41N5O4/c1-33(2,3)42-32(40)38-14-6-9-30(38)27-19-29(27)36-31(39)35-28-13-12-24(25-7-4-5-8-26(25)28)22-10-11-23(34-20-22)21-37-15-17-41-18-16-37/h4-5,7-8,10-13,20,27,29-30H,6,9,14-19,21H2,1-3H3,(H2,35,36,39). The van der Waals surface area contributed by atoms with Gasteiger partial charge in [-0.2, -0.15) is 0 Å². The lowest BCUT2D eigenvalue weighted by atomic mass is 9.98. The molecule has 1 saturated carbocycles. The van der Waals surface area contributed by atoms with Crippen LogP contribution in [-0.2, 0) is 16.0 Å². The van der Waals surface area contributed by atoms with E-state index in [4.69, 9.17) is 14.5 Å². The van der Waals surface area contributed by atoms with Crippen LogP contribution in [0.2, 0.25) is 0 Å². The van der Waals surface area contributed by atoms with E-state index in [2.05, 4.69) is 33.7 Å². The van der Waals surface area contributed by atoms with Crippen LogP contribution in [0.4, 0.5) is 15.3 Å². The molecule has 2 aliphatic heterocycles. The predicted molar refractivity (Wildman–Crippen MR) is 163 cm³/mol. The van der Waals surface area contributed by atoms with Gasteiger partial charge >= 0.3 is 12.1 Å². The minimum atomic E-state index is -0.521. The van der Waals surface area contributed by atoms with Gasteiger partial charge in [-0.1, -0.05) is 36.4 Å². The largest absolute Gasteiger partial charge is 0.444 e. The van der Waals surface area contributed by atoms with Crippen LogP contribution in [0.3, 0.4) is 0 Å². The molecule has 42 heavy (non-hydrogen) atoms. The molecule has 2 N–H and O–H groups in total. The maximum atomic E-state index is 13.1. The molecule has 3 unspecified atom stereocenters. The number of carbonyl (C=O) groups excluding carboxylic acids is 2. The van der Waals surface area contributed by atoms with Crippen LogP contribution in [0.1, 0.15) is 45.7 Å². The van der Waals surface area contributed by atoms with Crippen molar-refractivity contribution in [2.24, 2.45) is 5.92 Å². The average Bonchev–Trinajstić information content (AvgIpc) is 3.53. The first-order valence-corrected chi connectivity index (χ1v) is 15.1. The fraction of sp³-hybridized carbons (Fsp3) is 0.485. The summed E-state index contributed by atoms with van der Waals surface area (Å²) < 4.78 is 11.1. The van der Waals surface area contributed by atoms with E-state index >= 15 is 0 Å². The molecule has 3 aliphatic rings. The highest BCUT2D eigenvalue weighted by Gasteiger charge is 2.49. The van der Waals surface area contributed by atoms with E-state index in [0.29, 0.717) is 6.54 Å². The zero-order chi connectivity index (χ0) is 29.3. The van der Waals surface area contributed by atoms with E-state index in [1.165, 1.54) is 0 Å². The molecule has 6 rings (SSSR count). The van der Waals surface area contributed by atoms with Gasteiger partial charge in [0.25, 0.3) is 0 Å². The lowest BCUT2D eigenvalue weighted by Crippen LogP contribution is -2.42. The van der Waals surface area contributed by atoms with Crippen molar-refractivity contribution < 1.29 is 19.1 Å². The van der Waals surface area contributed by atoms with Gasteiger partial charge < -0.3 is 25.0 Å².